The van der Waals surface area contributed by atoms with Crippen molar-refractivity contribution >= 4 is 210 Å². The lowest BCUT2D eigenvalue weighted by Gasteiger charge is -2.53. The molecule has 2 saturated heterocycles. The van der Waals surface area contributed by atoms with E-state index in [0.29, 0.717) is 23.0 Å². The molecular weight excluding hydrogens is 1620 g/mol. The molecule has 4 aromatic carbocycles. The second kappa shape index (κ2) is 27.8. The molecule has 23 nitrogen and oxygen atoms in total. The summed E-state index contributed by atoms with van der Waals surface area (Å²) in [5.74, 6) is 20.1. The van der Waals surface area contributed by atoms with Gasteiger partial charge in [0.25, 0.3) is 0 Å². The fourth-order valence-corrected chi connectivity index (χ4v) is 23.3. The predicted molar refractivity (Wildman–Crippen MR) is 527 cm³/mol. The van der Waals surface area contributed by atoms with Crippen molar-refractivity contribution < 1.29 is 8.83 Å². The van der Waals surface area contributed by atoms with E-state index in [0.717, 1.165) is 98.8 Å². The summed E-state index contributed by atoms with van der Waals surface area (Å²) in [6, 6.07) is 28.0. The van der Waals surface area contributed by atoms with Crippen molar-refractivity contribution in [3.05, 3.63) is 331 Å². The number of aromatic nitrogens is 13. The molecule has 0 saturated carbocycles. The van der Waals surface area contributed by atoms with E-state index in [1.807, 2.05) is 57.9 Å². The van der Waals surface area contributed by atoms with Crippen LogP contribution in [0.15, 0.2) is 295 Å². The van der Waals surface area contributed by atoms with E-state index in [1.165, 1.54) is 53.9 Å². The molecule has 10 aliphatic heterocycles. The van der Waals surface area contributed by atoms with Gasteiger partial charge >= 0.3 is 67.5 Å². The first-order chi connectivity index (χ1) is 62.0. The molecule has 0 atom stereocenters. The van der Waals surface area contributed by atoms with Gasteiger partial charge in [-0.2, -0.15) is 15.0 Å². The van der Waals surface area contributed by atoms with Crippen molar-refractivity contribution in [2.45, 2.75) is 105 Å². The van der Waals surface area contributed by atoms with Gasteiger partial charge in [-0.3, -0.25) is 13.8 Å². The summed E-state index contributed by atoms with van der Waals surface area (Å²) in [4.78, 5) is 44.4. The van der Waals surface area contributed by atoms with Gasteiger partial charge in [0.1, 0.15) is 5.52 Å². The molecule has 22 heterocycles. The van der Waals surface area contributed by atoms with Crippen molar-refractivity contribution in [3.8, 4) is 0 Å². The molecule has 0 N–H and O–H groups in total. The Morgan fingerprint density at radius 3 is 1.18 bits per heavy atom. The number of oxazole rings is 2. The molecule has 0 bridgehead atoms. The highest BCUT2D eigenvalue weighted by atomic mass is 32.1. The first-order valence-electron chi connectivity index (χ1n) is 43.9. The van der Waals surface area contributed by atoms with E-state index in [9.17, 15) is 0 Å². The minimum absolute atomic E-state index is 0.0654. The van der Waals surface area contributed by atoms with Crippen LogP contribution in [0.2, 0.25) is 0 Å². The Morgan fingerprint density at radius 1 is 0.305 bits per heavy atom. The first kappa shape index (κ1) is 76.5. The van der Waals surface area contributed by atoms with Crippen LogP contribution in [0.25, 0.3) is 131 Å². The quantitative estimate of drug-likeness (QED) is 0.151. The van der Waals surface area contributed by atoms with Crippen molar-refractivity contribution in [3.63, 3.8) is 0 Å². The summed E-state index contributed by atoms with van der Waals surface area (Å²) in [5, 5.41) is 0. The molecule has 26 rings (SSSR count). The number of fused-ring (bicyclic) bond motifs is 36. The molecule has 10 aliphatic rings. The fourth-order valence-electron chi connectivity index (χ4n) is 20.9. The molecular formula is C95H83B8N21O2S2. The van der Waals surface area contributed by atoms with Gasteiger partial charge in [0.05, 0.1) is 54.2 Å². The van der Waals surface area contributed by atoms with Crippen LogP contribution in [0.4, 0.5) is 0 Å². The third-order valence-corrected chi connectivity index (χ3v) is 28.8. The molecule has 128 heavy (non-hydrogen) atoms. The number of benzene rings is 4. The van der Waals surface area contributed by atoms with Crippen molar-refractivity contribution in [1.82, 2.24) is 100 Å². The molecule has 0 spiro atoms. The van der Waals surface area contributed by atoms with E-state index < -0.39 is 0 Å². The van der Waals surface area contributed by atoms with Crippen LogP contribution in [0.5, 0.6) is 0 Å². The van der Waals surface area contributed by atoms with Gasteiger partial charge < -0.3 is 46.6 Å². The zero-order chi connectivity index (χ0) is 86.4. The molecule has 0 unspecified atom stereocenters. The Hall–Kier alpha value is -13.9. The minimum atomic E-state index is -0.186. The smallest absolute Gasteiger partial charge is 0.381 e. The summed E-state index contributed by atoms with van der Waals surface area (Å²) >= 11 is 3.53. The van der Waals surface area contributed by atoms with Crippen LogP contribution in [0.3, 0.4) is 0 Å². The molecule has 33 heteroatoms. The highest BCUT2D eigenvalue weighted by Crippen LogP contribution is 2.49. The number of imidazole rings is 4. The number of pyridine rings is 3. The second-order valence-electron chi connectivity index (χ2n) is 38.5. The second-order valence-corrected chi connectivity index (χ2v) is 40.4. The lowest BCUT2D eigenvalue weighted by molar-refractivity contribution is 0.584. The standard InChI is InChI=1S/C48H42B4N10S2.C47H41B4N11O2/c1-47(2,3)33-13-15-36-42(64-46-56-44-38(61(36)46)12-11-22-54-44)40(33)31-18-26-59-50-21-8-10-25-58(50)52-29-32(19-27-60(52)49-20-7-9-24-57(49)51(59)28-31)41-34(48(4,5)6)14-16-37-43(41)63-45-55-35-17-23-53-30-39(35)62(37)45;1-46(2,3)32-13-15-35-39(63-44-55-34-12-11-21-53-42(34)61(35)44)37(32)30-17-26-59-49-20-8-10-25-58(49)51-29-31(18-27-60(51)48-19-7-9-24-57(48)50(59)28-30)38-33(47(4,5)6)14-16-36-40(38)64-45-56-41-43(62(36)45)54-23-22-52-41/h7-30H,1-6H3;7-29H,1-6H3. The van der Waals surface area contributed by atoms with Crippen LogP contribution in [-0.4, -0.2) is 156 Å². The Morgan fingerprint density at radius 2 is 0.695 bits per heavy atom. The molecule has 616 valence electrons. The molecule has 12 aromatic heterocycles. The number of nitrogens with zero attached hydrogens (tertiary/aromatic N) is 21. The van der Waals surface area contributed by atoms with E-state index in [4.69, 9.17) is 33.8 Å². The number of allylic oxidation sites excluding steroid dienone is 16. The van der Waals surface area contributed by atoms with Gasteiger partial charge in [0, 0.05) is 53.2 Å². The highest BCUT2D eigenvalue weighted by molar-refractivity contribution is 7.24. The molecule has 0 amide bonds. The highest BCUT2D eigenvalue weighted by Gasteiger charge is 2.54. The lowest BCUT2D eigenvalue weighted by Crippen LogP contribution is -2.73. The number of hydrogen-bond acceptors (Lipinski definition) is 21. The molecule has 0 aliphatic carbocycles. The van der Waals surface area contributed by atoms with Gasteiger partial charge in [-0.15, -0.1) is 0 Å². The monoisotopic (exact) mass is 1700 g/mol. The van der Waals surface area contributed by atoms with Crippen molar-refractivity contribution in [2.75, 3.05) is 0 Å². The maximum atomic E-state index is 6.75. The van der Waals surface area contributed by atoms with E-state index in [2.05, 4.69) is 375 Å². The van der Waals surface area contributed by atoms with Crippen LogP contribution < -0.4 is 0 Å². The number of thiazole rings is 2. The summed E-state index contributed by atoms with van der Waals surface area (Å²) in [7, 11) is 0. The average molecular weight is 1700 g/mol. The first-order valence-corrected chi connectivity index (χ1v) is 45.5. The van der Waals surface area contributed by atoms with E-state index in [1.54, 1.807) is 35.1 Å². The summed E-state index contributed by atoms with van der Waals surface area (Å²) in [5.41, 5.74) is 26.1. The van der Waals surface area contributed by atoms with Crippen molar-refractivity contribution in [2.24, 2.45) is 0 Å². The zero-order valence-electron chi connectivity index (χ0n) is 72.8. The van der Waals surface area contributed by atoms with Crippen LogP contribution >= 0.6 is 22.7 Å². The van der Waals surface area contributed by atoms with E-state index >= 15 is 0 Å². The maximum absolute atomic E-state index is 6.75. The summed E-state index contributed by atoms with van der Waals surface area (Å²) in [6.45, 7) is 26.6. The van der Waals surface area contributed by atoms with Gasteiger partial charge in [-0.25, -0.2) is 33.7 Å². The van der Waals surface area contributed by atoms with Crippen molar-refractivity contribution in [1.29, 1.82) is 0 Å². The third-order valence-electron chi connectivity index (χ3n) is 26.7. The van der Waals surface area contributed by atoms with E-state index in [-0.39, 0.29) is 77.5 Å². The topological polar surface area (TPSA) is 186 Å². The predicted octanol–water partition coefficient (Wildman–Crippen LogP) is 18.7. The third kappa shape index (κ3) is 11.5. The summed E-state index contributed by atoms with van der Waals surface area (Å²) in [6.07, 6.45) is 55.5. The number of rotatable bonds is 4. The molecule has 2 fully saturated rings. The van der Waals surface area contributed by atoms with Crippen LogP contribution in [0, 0.1) is 0 Å². The maximum Gasteiger partial charge on any atom is 0.381 e. The fraction of sp³-hybridized carbons (Fsp3) is 0.168. The SMILES string of the molecule is CC(C)(C)c1ccc2c(oc3nc4cccnc4n32)c1C1=CB2N(C=C1)B1C=CC=CN1B1C=C(c3c(C(C)(C)C)ccc4c3oc3nc5nccnc5n34)C=CN1B1C=CC=CN12.CC(C)(C)c1ccc2c(sc3nc4ccncc4n32)c1C1=CB2N(C=C1)B1C=CC=CN1B1C=C(c3c(C(C)(C)C)ccc4c3sc3nc5ncccc5n34)C=CN1B1C=CC=CN12. The normalized spacial score (nSPS) is 17.4. The minimum Gasteiger partial charge on any atom is -0.423 e. The molecule has 0 radical (unpaired) electrons. The number of hydrogen-bond donors (Lipinski definition) is 0. The Bertz CT molecular complexity index is 7130. The van der Waals surface area contributed by atoms with Gasteiger partial charge in [-0.1, -0.05) is 202 Å². The Balaban J connectivity index is 0.000000139. The lowest BCUT2D eigenvalue weighted by atomic mass is 9.41. The van der Waals surface area contributed by atoms with Gasteiger partial charge in [0.2, 0.25) is 5.65 Å². The van der Waals surface area contributed by atoms with Crippen LogP contribution in [0.1, 0.15) is 128 Å². The largest absolute Gasteiger partial charge is 0.423 e. The molecule has 16 aromatic rings. The van der Waals surface area contributed by atoms with Gasteiger partial charge in [-0.05, 0) is 219 Å². The van der Waals surface area contributed by atoms with Crippen LogP contribution in [-0.2, 0) is 21.7 Å². The Kier molecular flexibility index (Phi) is 16.6. The summed E-state index contributed by atoms with van der Waals surface area (Å²) < 4.78 is 44.5. The Labute approximate surface area is 749 Å². The zero-order valence-corrected chi connectivity index (χ0v) is 74.4. The average Bonchev–Trinajstić information content (AvgIpc) is 1.48. The van der Waals surface area contributed by atoms with Gasteiger partial charge in [0.15, 0.2) is 38.0 Å².